The molecule has 2 aromatic carbocycles. The third-order valence-electron chi connectivity index (χ3n) is 3.79. The number of hydrogen-bond donors (Lipinski definition) is 0. The molecule has 24 heavy (non-hydrogen) atoms. The maximum atomic E-state index is 4.55. The largest absolute Gasteiger partial charge is 0.235 e. The number of rotatable bonds is 6. The van der Waals surface area contributed by atoms with Gasteiger partial charge >= 0.3 is 0 Å². The van der Waals surface area contributed by atoms with Gasteiger partial charge in [0.05, 0.1) is 11.9 Å². The van der Waals surface area contributed by atoms with Crippen molar-refractivity contribution in [2.45, 2.75) is 37.0 Å². The maximum absolute atomic E-state index is 4.55. The van der Waals surface area contributed by atoms with Gasteiger partial charge in [-0.1, -0.05) is 85.5 Å². The van der Waals surface area contributed by atoms with E-state index in [9.17, 15) is 0 Å². The summed E-state index contributed by atoms with van der Waals surface area (Å²) in [6.45, 7) is 7.76. The van der Waals surface area contributed by atoms with Crippen LogP contribution in [0.15, 0.2) is 65.7 Å². The van der Waals surface area contributed by atoms with Gasteiger partial charge < -0.3 is 0 Å². The van der Waals surface area contributed by atoms with E-state index in [1.165, 1.54) is 21.5 Å². The van der Waals surface area contributed by atoms with Gasteiger partial charge in [0.1, 0.15) is 13.1 Å². The predicted octanol–water partition coefficient (Wildman–Crippen LogP) is 4.16. The Morgan fingerprint density at radius 1 is 0.875 bits per heavy atom. The zero-order valence-corrected chi connectivity index (χ0v) is 16.3. The van der Waals surface area contributed by atoms with Crippen LogP contribution >= 0.6 is 11.8 Å². The van der Waals surface area contributed by atoms with E-state index >= 15 is 0 Å². The molecule has 0 radical (unpaired) electrons. The Hall–Kier alpha value is -1.85. The van der Waals surface area contributed by atoms with Crippen LogP contribution in [0.25, 0.3) is 0 Å². The van der Waals surface area contributed by atoms with Gasteiger partial charge in [-0.25, -0.2) is 4.68 Å². The second-order valence-electron chi connectivity index (χ2n) is 6.91. The molecule has 0 saturated heterocycles. The Bertz CT molecular complexity index is 779. The van der Waals surface area contributed by atoms with Crippen molar-refractivity contribution in [3.63, 3.8) is 0 Å². The van der Waals surface area contributed by atoms with E-state index in [-0.39, 0.29) is 0 Å². The van der Waals surface area contributed by atoms with Crippen LogP contribution in [0.1, 0.15) is 11.1 Å². The van der Waals surface area contributed by atoms with Crippen LogP contribution in [0.2, 0.25) is 19.6 Å². The molecule has 5 heteroatoms. The lowest BCUT2D eigenvalue weighted by atomic mass is 10.2. The highest BCUT2D eigenvalue weighted by Gasteiger charge is 2.26. The molecule has 0 bridgehead atoms. The molecule has 0 fully saturated rings. The summed E-state index contributed by atoms with van der Waals surface area (Å²) in [6.07, 6.45) is 0. The summed E-state index contributed by atoms with van der Waals surface area (Å²) < 4.78 is 2.07. The highest BCUT2D eigenvalue weighted by atomic mass is 32.2. The van der Waals surface area contributed by atoms with Crippen LogP contribution in [0, 0.1) is 0 Å². The first-order valence-electron chi connectivity index (χ1n) is 8.18. The minimum atomic E-state index is -1.53. The van der Waals surface area contributed by atoms with Gasteiger partial charge in [0.2, 0.25) is 0 Å². The van der Waals surface area contributed by atoms with E-state index in [1.54, 1.807) is 0 Å². The lowest BCUT2D eigenvalue weighted by Gasteiger charge is -2.15. The average molecular weight is 354 g/mol. The Labute approximate surface area is 149 Å². The second-order valence-corrected chi connectivity index (χ2v) is 12.8. The molecule has 0 aliphatic carbocycles. The molecule has 124 valence electrons. The lowest BCUT2D eigenvalue weighted by Crippen LogP contribution is -2.40. The molecular weight excluding hydrogens is 330 g/mol. The van der Waals surface area contributed by atoms with Crippen molar-refractivity contribution in [2.75, 3.05) is 0 Å². The molecule has 1 aromatic heterocycles. The summed E-state index contributed by atoms with van der Waals surface area (Å²) in [7, 11) is -1.53. The average Bonchev–Trinajstić information content (AvgIpc) is 2.98. The molecule has 0 aliphatic rings. The minimum Gasteiger partial charge on any atom is -0.235 e. The first-order valence-corrected chi connectivity index (χ1v) is 12.7. The quantitative estimate of drug-likeness (QED) is 0.492. The van der Waals surface area contributed by atoms with Gasteiger partial charge in [-0.3, -0.25) is 0 Å². The van der Waals surface area contributed by atoms with Crippen LogP contribution in [0.4, 0.5) is 0 Å². The molecule has 0 N–H and O–H groups in total. The maximum Gasteiger partial charge on any atom is 0.114 e. The van der Waals surface area contributed by atoms with Crippen LogP contribution in [0.3, 0.4) is 0 Å². The highest BCUT2D eigenvalue weighted by molar-refractivity contribution is 7.98. The van der Waals surface area contributed by atoms with Crippen molar-refractivity contribution in [1.82, 2.24) is 15.0 Å². The van der Waals surface area contributed by atoms with Crippen molar-refractivity contribution in [2.24, 2.45) is 0 Å². The summed E-state index contributed by atoms with van der Waals surface area (Å²) >= 11 is 1.85. The summed E-state index contributed by atoms with van der Waals surface area (Å²) in [5.74, 6) is 0.945. The fourth-order valence-corrected chi connectivity index (χ4v) is 5.68. The number of nitrogens with zero attached hydrogens (tertiary/aromatic N) is 3. The molecule has 0 spiro atoms. The topological polar surface area (TPSA) is 30.7 Å². The van der Waals surface area contributed by atoms with Gasteiger partial charge in [0.15, 0.2) is 0 Å². The Kier molecular flexibility index (Phi) is 5.21. The van der Waals surface area contributed by atoms with Crippen molar-refractivity contribution in [1.29, 1.82) is 0 Å². The number of benzene rings is 2. The molecule has 0 amide bonds. The van der Waals surface area contributed by atoms with E-state index in [4.69, 9.17) is 0 Å². The third-order valence-corrected chi connectivity index (χ3v) is 6.89. The first-order chi connectivity index (χ1) is 11.5. The van der Waals surface area contributed by atoms with E-state index in [0.717, 1.165) is 12.3 Å². The molecular formula is C19H23N3SSi. The van der Waals surface area contributed by atoms with Crippen molar-refractivity contribution >= 4 is 25.2 Å². The van der Waals surface area contributed by atoms with E-state index in [0.29, 0.717) is 0 Å². The summed E-state index contributed by atoms with van der Waals surface area (Å²) in [4.78, 5) is 0. The smallest absolute Gasteiger partial charge is 0.114 e. The molecule has 0 atom stereocenters. The second kappa shape index (κ2) is 7.36. The van der Waals surface area contributed by atoms with Crippen LogP contribution < -0.4 is 5.32 Å². The van der Waals surface area contributed by atoms with Gasteiger partial charge in [0, 0.05) is 5.75 Å². The third kappa shape index (κ3) is 4.16. The molecule has 3 rings (SSSR count). The summed E-state index contributed by atoms with van der Waals surface area (Å²) in [5.41, 5.74) is 2.59. The fraction of sp³-hybridized carbons (Fsp3) is 0.263. The number of thioether (sulfide) groups is 1. The van der Waals surface area contributed by atoms with Crippen LogP contribution in [0.5, 0.6) is 0 Å². The van der Waals surface area contributed by atoms with Gasteiger partial charge in [0.25, 0.3) is 0 Å². The molecule has 0 aliphatic heterocycles. The number of hydrogen-bond acceptors (Lipinski definition) is 3. The van der Waals surface area contributed by atoms with Gasteiger partial charge in [-0.2, -0.15) is 0 Å². The van der Waals surface area contributed by atoms with Crippen molar-refractivity contribution in [3.8, 4) is 0 Å². The van der Waals surface area contributed by atoms with Crippen LogP contribution in [-0.4, -0.2) is 23.1 Å². The molecule has 0 unspecified atom stereocenters. The normalized spacial score (nSPS) is 11.6. The highest BCUT2D eigenvalue weighted by Crippen LogP contribution is 2.23. The predicted molar refractivity (Wildman–Crippen MR) is 105 cm³/mol. The van der Waals surface area contributed by atoms with Crippen LogP contribution in [-0.2, 0) is 12.3 Å². The fourth-order valence-electron chi connectivity index (χ4n) is 2.50. The zero-order chi connectivity index (χ0) is 17.0. The molecule has 0 saturated carbocycles. The SMILES string of the molecule is C[Si](C)(C)c1nnn(Cc2ccccc2)c1SCc1ccccc1. The standard InChI is InChI=1S/C19H23N3SSi/c1-24(2,3)18-19(23-15-17-12-8-5-9-13-17)22(21-20-18)14-16-10-6-4-7-11-16/h4-13H,14-15H2,1-3H3. The Morgan fingerprint density at radius 3 is 2.04 bits per heavy atom. The minimum absolute atomic E-state index is 0.773. The van der Waals surface area contributed by atoms with E-state index in [1.807, 2.05) is 17.8 Å². The number of aromatic nitrogens is 3. The lowest BCUT2D eigenvalue weighted by molar-refractivity contribution is 0.604. The first kappa shape index (κ1) is 17.0. The molecule has 3 nitrogen and oxygen atoms in total. The van der Waals surface area contributed by atoms with Crippen molar-refractivity contribution in [3.05, 3.63) is 71.8 Å². The molecule has 3 aromatic rings. The van der Waals surface area contributed by atoms with Crippen molar-refractivity contribution < 1.29 is 0 Å². The van der Waals surface area contributed by atoms with E-state index in [2.05, 4.69) is 89.2 Å². The Balaban J connectivity index is 1.87. The van der Waals surface area contributed by atoms with Gasteiger partial charge in [-0.15, -0.1) is 16.9 Å². The van der Waals surface area contributed by atoms with Gasteiger partial charge in [-0.05, 0) is 11.1 Å². The Morgan fingerprint density at radius 2 is 1.46 bits per heavy atom. The summed E-state index contributed by atoms with van der Waals surface area (Å²) in [5, 5.41) is 11.5. The summed E-state index contributed by atoms with van der Waals surface area (Å²) in [6, 6.07) is 21.1. The monoisotopic (exact) mass is 353 g/mol. The van der Waals surface area contributed by atoms with E-state index < -0.39 is 8.07 Å². The molecule has 1 heterocycles. The zero-order valence-electron chi connectivity index (χ0n) is 14.4.